The predicted octanol–water partition coefficient (Wildman–Crippen LogP) is 3.03. The fraction of sp³-hybridized carbons (Fsp3) is 0.524. The van der Waals surface area contributed by atoms with E-state index in [0.29, 0.717) is 50.1 Å². The summed E-state index contributed by atoms with van der Waals surface area (Å²) in [4.78, 5) is 29.3. The van der Waals surface area contributed by atoms with Gasteiger partial charge in [-0.25, -0.2) is 9.97 Å². The summed E-state index contributed by atoms with van der Waals surface area (Å²) in [5.74, 6) is 1.23. The van der Waals surface area contributed by atoms with Gasteiger partial charge in [0.2, 0.25) is 5.88 Å². The molecule has 3 aliphatic rings. The number of carbonyl (C=O) groups excluding carboxylic acids is 1. The van der Waals surface area contributed by atoms with Gasteiger partial charge in [-0.3, -0.25) is 9.78 Å². The lowest BCUT2D eigenvalue weighted by Crippen LogP contribution is -2.39. The minimum absolute atomic E-state index is 0.0831. The first kappa shape index (κ1) is 20.0. The number of amides is 1. The van der Waals surface area contributed by atoms with Crippen LogP contribution in [0.15, 0.2) is 30.7 Å². The number of halogens is 3. The van der Waals surface area contributed by atoms with Crippen molar-refractivity contribution >= 4 is 11.7 Å². The second kappa shape index (κ2) is 7.65. The lowest BCUT2D eigenvalue weighted by atomic mass is 10.2. The molecule has 2 aromatic heterocycles. The number of anilines is 1. The molecule has 0 radical (unpaired) electrons. The summed E-state index contributed by atoms with van der Waals surface area (Å²) in [6, 6.07) is 2.34. The molecule has 0 N–H and O–H groups in total. The zero-order valence-electron chi connectivity index (χ0n) is 16.8. The number of hydrogen-bond acceptors (Lipinski definition) is 6. The number of ether oxygens (including phenoxy) is 1. The normalized spacial score (nSPS) is 24.2. The van der Waals surface area contributed by atoms with Crippen molar-refractivity contribution in [3.63, 3.8) is 0 Å². The van der Waals surface area contributed by atoms with Crippen molar-refractivity contribution < 1.29 is 22.7 Å². The maximum atomic E-state index is 12.9. The molecular formula is C21H22F3N5O2. The van der Waals surface area contributed by atoms with E-state index in [1.165, 1.54) is 6.07 Å². The summed E-state index contributed by atoms with van der Waals surface area (Å²) >= 11 is 0. The van der Waals surface area contributed by atoms with Gasteiger partial charge in [-0.05, 0) is 31.4 Å². The average molecular weight is 433 g/mol. The summed E-state index contributed by atoms with van der Waals surface area (Å²) in [6.45, 7) is 1.70. The molecule has 7 nitrogen and oxygen atoms in total. The van der Waals surface area contributed by atoms with Crippen LogP contribution in [0.25, 0.3) is 0 Å². The molecule has 2 saturated heterocycles. The number of nitrogens with zero attached hydrogens (tertiary/aromatic N) is 5. The van der Waals surface area contributed by atoms with E-state index in [1.807, 2.05) is 4.90 Å². The van der Waals surface area contributed by atoms with E-state index in [1.54, 1.807) is 17.3 Å². The van der Waals surface area contributed by atoms with Crippen LogP contribution in [0.1, 0.15) is 42.9 Å². The van der Waals surface area contributed by atoms with E-state index in [2.05, 4.69) is 15.0 Å². The second-order valence-corrected chi connectivity index (χ2v) is 8.28. The maximum Gasteiger partial charge on any atom is 0.417 e. The first-order valence-corrected chi connectivity index (χ1v) is 10.5. The molecule has 5 rings (SSSR count). The van der Waals surface area contributed by atoms with Crippen molar-refractivity contribution in [3.8, 4) is 5.88 Å². The van der Waals surface area contributed by atoms with Gasteiger partial charge in [0.1, 0.15) is 5.82 Å². The van der Waals surface area contributed by atoms with Crippen LogP contribution in [-0.2, 0) is 11.0 Å². The Kier molecular flexibility index (Phi) is 4.94. The van der Waals surface area contributed by atoms with Crippen LogP contribution in [0.5, 0.6) is 5.88 Å². The van der Waals surface area contributed by atoms with E-state index < -0.39 is 17.8 Å². The summed E-state index contributed by atoms with van der Waals surface area (Å²) in [5, 5.41) is 0. The van der Waals surface area contributed by atoms with E-state index in [9.17, 15) is 18.0 Å². The Labute approximate surface area is 177 Å². The number of aromatic nitrogens is 3. The Balaban J connectivity index is 1.26. The smallest absolute Gasteiger partial charge is 0.417 e. The molecule has 1 amide bonds. The molecule has 2 atom stereocenters. The highest BCUT2D eigenvalue weighted by molar-refractivity contribution is 5.84. The van der Waals surface area contributed by atoms with Gasteiger partial charge in [0.15, 0.2) is 6.10 Å². The quantitative estimate of drug-likeness (QED) is 0.738. The molecule has 0 bridgehead atoms. The first-order chi connectivity index (χ1) is 14.9. The highest BCUT2D eigenvalue weighted by Gasteiger charge is 2.43. The van der Waals surface area contributed by atoms with Gasteiger partial charge >= 0.3 is 6.18 Å². The van der Waals surface area contributed by atoms with Crippen LogP contribution in [0.2, 0.25) is 0 Å². The Morgan fingerprint density at radius 2 is 1.87 bits per heavy atom. The van der Waals surface area contributed by atoms with Crippen LogP contribution < -0.4 is 9.64 Å². The summed E-state index contributed by atoms with van der Waals surface area (Å²) in [6.07, 6.45) is 2.55. The van der Waals surface area contributed by atoms with Crippen molar-refractivity contribution in [2.45, 2.75) is 49.9 Å². The second-order valence-electron chi connectivity index (χ2n) is 8.28. The molecule has 31 heavy (non-hydrogen) atoms. The fourth-order valence-corrected chi connectivity index (χ4v) is 4.25. The zero-order chi connectivity index (χ0) is 21.6. The Bertz CT molecular complexity index is 947. The number of hydrogen-bond donors (Lipinski definition) is 0. The number of alkyl halides is 3. The number of rotatable bonds is 4. The van der Waals surface area contributed by atoms with Gasteiger partial charge in [0.25, 0.3) is 5.91 Å². The van der Waals surface area contributed by atoms with E-state index >= 15 is 0 Å². The topological polar surface area (TPSA) is 71.5 Å². The minimum Gasteiger partial charge on any atom is -0.463 e. The van der Waals surface area contributed by atoms with Crippen molar-refractivity contribution in [3.05, 3.63) is 42.0 Å². The standard InChI is InChI=1S/C21H22F3N5O2/c22-21(23,24)14-4-5-18(26-9-14)28-6-1-7-29-15(12-28)8-17(20(29)30)31-19-11-25-16(10-27-19)13-2-3-13/h4-5,9-11,13,15,17H,1-3,6-8,12H2/t15-,17+/m0/s1. The highest BCUT2D eigenvalue weighted by Crippen LogP contribution is 2.38. The molecule has 1 aliphatic carbocycles. The summed E-state index contributed by atoms with van der Waals surface area (Å²) in [7, 11) is 0. The molecule has 0 unspecified atom stereocenters. The zero-order valence-corrected chi connectivity index (χ0v) is 16.8. The predicted molar refractivity (Wildman–Crippen MR) is 105 cm³/mol. The molecule has 0 aromatic carbocycles. The van der Waals surface area contributed by atoms with Crippen molar-refractivity contribution in [1.29, 1.82) is 0 Å². The van der Waals surface area contributed by atoms with Gasteiger partial charge in [0, 0.05) is 38.2 Å². The molecule has 3 fully saturated rings. The van der Waals surface area contributed by atoms with Crippen molar-refractivity contribution in [2.24, 2.45) is 0 Å². The monoisotopic (exact) mass is 433 g/mol. The molecule has 2 aliphatic heterocycles. The third-order valence-electron chi connectivity index (χ3n) is 6.05. The van der Waals surface area contributed by atoms with Gasteiger partial charge in [-0.15, -0.1) is 0 Å². The number of carbonyl (C=O) groups is 1. The summed E-state index contributed by atoms with van der Waals surface area (Å²) < 4.78 is 44.3. The molecule has 164 valence electrons. The average Bonchev–Trinajstić information content (AvgIpc) is 3.57. The Morgan fingerprint density at radius 1 is 1.03 bits per heavy atom. The molecule has 0 spiro atoms. The van der Waals surface area contributed by atoms with E-state index in [4.69, 9.17) is 4.74 Å². The molecule has 2 aromatic rings. The minimum atomic E-state index is -4.41. The highest BCUT2D eigenvalue weighted by atomic mass is 19.4. The Morgan fingerprint density at radius 3 is 2.52 bits per heavy atom. The fourth-order valence-electron chi connectivity index (χ4n) is 4.25. The lowest BCUT2D eigenvalue weighted by Gasteiger charge is -2.26. The van der Waals surface area contributed by atoms with Gasteiger partial charge in [0.05, 0.1) is 29.7 Å². The van der Waals surface area contributed by atoms with E-state index in [-0.39, 0.29) is 11.9 Å². The largest absolute Gasteiger partial charge is 0.463 e. The number of pyridine rings is 1. The molecule has 4 heterocycles. The third kappa shape index (κ3) is 4.15. The van der Waals surface area contributed by atoms with Crippen molar-refractivity contribution in [1.82, 2.24) is 19.9 Å². The maximum absolute atomic E-state index is 12.9. The van der Waals surface area contributed by atoms with Gasteiger partial charge < -0.3 is 14.5 Å². The molecular weight excluding hydrogens is 411 g/mol. The SMILES string of the molecule is O=C1[C@H](Oc2cnc(C3CC3)cn2)C[C@H]2CN(c3ccc(C(F)(F)F)cn3)CCCN12. The van der Waals surface area contributed by atoms with E-state index in [0.717, 1.165) is 30.8 Å². The molecule has 1 saturated carbocycles. The number of fused-ring (bicyclic) bond motifs is 1. The first-order valence-electron chi connectivity index (χ1n) is 10.5. The van der Waals surface area contributed by atoms with Gasteiger partial charge in [-0.1, -0.05) is 0 Å². The lowest BCUT2D eigenvalue weighted by molar-refractivity contribution is -0.138. The van der Waals surface area contributed by atoms with Crippen LogP contribution in [0.3, 0.4) is 0 Å². The van der Waals surface area contributed by atoms with Gasteiger partial charge in [-0.2, -0.15) is 13.2 Å². The van der Waals surface area contributed by atoms with Crippen LogP contribution in [-0.4, -0.2) is 57.5 Å². The molecule has 10 heteroatoms. The third-order valence-corrected chi connectivity index (χ3v) is 6.05. The summed E-state index contributed by atoms with van der Waals surface area (Å²) in [5.41, 5.74) is 0.185. The Hall–Kier alpha value is -2.91. The van der Waals surface area contributed by atoms with Crippen molar-refractivity contribution in [2.75, 3.05) is 24.5 Å². The van der Waals surface area contributed by atoms with Crippen LogP contribution in [0.4, 0.5) is 19.0 Å². The van der Waals surface area contributed by atoms with Crippen LogP contribution >= 0.6 is 0 Å². The van der Waals surface area contributed by atoms with Crippen LogP contribution in [0, 0.1) is 0 Å².